The van der Waals surface area contributed by atoms with Gasteiger partial charge in [0.1, 0.15) is 0 Å². The molecule has 2 unspecified atom stereocenters. The van der Waals surface area contributed by atoms with Crippen LogP contribution < -0.4 is 10.6 Å². The van der Waals surface area contributed by atoms with Crippen LogP contribution in [-0.4, -0.2) is 18.5 Å². The molecule has 1 aromatic carbocycles. The summed E-state index contributed by atoms with van der Waals surface area (Å²) in [4.78, 5) is 12.0. The maximum atomic E-state index is 12.0. The minimum absolute atomic E-state index is 0.0267. The van der Waals surface area contributed by atoms with Crippen molar-refractivity contribution < 1.29 is 4.79 Å². The van der Waals surface area contributed by atoms with Crippen LogP contribution in [0.15, 0.2) is 24.3 Å². The van der Waals surface area contributed by atoms with E-state index in [-0.39, 0.29) is 11.9 Å². The Labute approximate surface area is 107 Å². The van der Waals surface area contributed by atoms with E-state index >= 15 is 0 Å². The lowest BCUT2D eigenvalue weighted by Gasteiger charge is -2.27. The van der Waals surface area contributed by atoms with E-state index in [9.17, 15) is 4.79 Å². The Hall–Kier alpha value is -1.06. The summed E-state index contributed by atoms with van der Waals surface area (Å²) in [5.74, 6) is 0.630. The summed E-state index contributed by atoms with van der Waals surface area (Å²) in [5.41, 5.74) is 0.752. The molecule has 17 heavy (non-hydrogen) atoms. The van der Waals surface area contributed by atoms with E-state index in [0.717, 1.165) is 25.1 Å². The van der Waals surface area contributed by atoms with Gasteiger partial charge in [-0.05, 0) is 43.5 Å². The second-order valence-corrected chi connectivity index (χ2v) is 5.07. The van der Waals surface area contributed by atoms with Crippen molar-refractivity contribution in [2.45, 2.75) is 25.8 Å². The highest BCUT2D eigenvalue weighted by Gasteiger charge is 2.24. The third kappa shape index (κ3) is 3.45. The molecule has 2 rings (SSSR count). The Morgan fingerprint density at radius 1 is 1.53 bits per heavy atom. The fourth-order valence-corrected chi connectivity index (χ4v) is 2.29. The van der Waals surface area contributed by atoms with E-state index in [1.807, 2.05) is 12.1 Å². The Bertz CT molecular complexity index is 408. The molecule has 0 aliphatic carbocycles. The summed E-state index contributed by atoms with van der Waals surface area (Å²) in [6, 6.07) is 7.13. The van der Waals surface area contributed by atoms with Gasteiger partial charge in [-0.3, -0.25) is 4.79 Å². The number of piperidine rings is 1. The van der Waals surface area contributed by atoms with Gasteiger partial charge in [-0.15, -0.1) is 0 Å². The predicted octanol–water partition coefficient (Wildman–Crippen LogP) is 2.67. The first kappa shape index (κ1) is 12.4. The number of carbonyl (C=O) groups excluding carboxylic acids is 1. The van der Waals surface area contributed by atoms with Crippen LogP contribution in [0.2, 0.25) is 5.02 Å². The SMILES string of the molecule is CC1CCNC(C(=O)Nc2cccc(Cl)c2)C1. The number of carbonyl (C=O) groups is 1. The third-order valence-corrected chi connectivity index (χ3v) is 3.31. The molecule has 1 aliphatic rings. The first-order valence-electron chi connectivity index (χ1n) is 5.95. The zero-order valence-corrected chi connectivity index (χ0v) is 10.6. The summed E-state index contributed by atoms with van der Waals surface area (Å²) in [6.45, 7) is 3.09. The minimum Gasteiger partial charge on any atom is -0.325 e. The maximum absolute atomic E-state index is 12.0. The predicted molar refractivity (Wildman–Crippen MR) is 70.3 cm³/mol. The van der Waals surface area contributed by atoms with Gasteiger partial charge in [-0.1, -0.05) is 24.6 Å². The van der Waals surface area contributed by atoms with Gasteiger partial charge in [-0.2, -0.15) is 0 Å². The standard InChI is InChI=1S/C13H17ClN2O/c1-9-5-6-15-12(7-9)13(17)16-11-4-2-3-10(14)8-11/h2-4,8-9,12,15H,5-7H2,1H3,(H,16,17). The van der Waals surface area contributed by atoms with Crippen molar-refractivity contribution in [3.8, 4) is 0 Å². The van der Waals surface area contributed by atoms with E-state index in [1.54, 1.807) is 12.1 Å². The molecule has 0 radical (unpaired) electrons. The topological polar surface area (TPSA) is 41.1 Å². The second-order valence-electron chi connectivity index (χ2n) is 4.64. The highest BCUT2D eigenvalue weighted by atomic mass is 35.5. The molecule has 0 saturated carbocycles. The molecule has 92 valence electrons. The van der Waals surface area contributed by atoms with Crippen molar-refractivity contribution in [2.75, 3.05) is 11.9 Å². The highest BCUT2D eigenvalue weighted by Crippen LogP contribution is 2.18. The molecule has 2 atom stereocenters. The zero-order chi connectivity index (χ0) is 12.3. The van der Waals surface area contributed by atoms with Crippen LogP contribution in [0, 0.1) is 5.92 Å². The van der Waals surface area contributed by atoms with Crippen molar-refractivity contribution in [2.24, 2.45) is 5.92 Å². The number of rotatable bonds is 2. The molecule has 1 saturated heterocycles. The molecule has 1 fully saturated rings. The van der Waals surface area contributed by atoms with Gasteiger partial charge in [0.05, 0.1) is 6.04 Å². The van der Waals surface area contributed by atoms with E-state index < -0.39 is 0 Å². The van der Waals surface area contributed by atoms with Gasteiger partial charge in [-0.25, -0.2) is 0 Å². The molecule has 3 nitrogen and oxygen atoms in total. The molecule has 0 aromatic heterocycles. The third-order valence-electron chi connectivity index (χ3n) is 3.07. The average Bonchev–Trinajstić information content (AvgIpc) is 2.29. The van der Waals surface area contributed by atoms with E-state index in [4.69, 9.17) is 11.6 Å². The largest absolute Gasteiger partial charge is 0.325 e. The van der Waals surface area contributed by atoms with Gasteiger partial charge in [0.15, 0.2) is 0 Å². The van der Waals surface area contributed by atoms with Crippen molar-refractivity contribution in [1.82, 2.24) is 5.32 Å². The highest BCUT2D eigenvalue weighted by molar-refractivity contribution is 6.30. The lowest BCUT2D eigenvalue weighted by Crippen LogP contribution is -2.45. The van der Waals surface area contributed by atoms with Gasteiger partial charge in [0.25, 0.3) is 0 Å². The molecule has 4 heteroatoms. The van der Waals surface area contributed by atoms with Crippen LogP contribution >= 0.6 is 11.6 Å². The van der Waals surface area contributed by atoms with Crippen LogP contribution in [0.4, 0.5) is 5.69 Å². The minimum atomic E-state index is -0.0854. The lowest BCUT2D eigenvalue weighted by atomic mass is 9.94. The Morgan fingerprint density at radius 2 is 2.35 bits per heavy atom. The Morgan fingerprint density at radius 3 is 3.06 bits per heavy atom. The quantitative estimate of drug-likeness (QED) is 0.850. The van der Waals surface area contributed by atoms with Crippen LogP contribution in [0.5, 0.6) is 0 Å². The van der Waals surface area contributed by atoms with Crippen LogP contribution in [0.3, 0.4) is 0 Å². The fourth-order valence-electron chi connectivity index (χ4n) is 2.10. The number of benzene rings is 1. The molecule has 1 amide bonds. The van der Waals surface area contributed by atoms with Crippen molar-refractivity contribution in [3.05, 3.63) is 29.3 Å². The van der Waals surface area contributed by atoms with E-state index in [2.05, 4.69) is 17.6 Å². The summed E-state index contributed by atoms with van der Waals surface area (Å²) in [6.07, 6.45) is 2.04. The Balaban J connectivity index is 1.96. The van der Waals surface area contributed by atoms with E-state index in [1.165, 1.54) is 0 Å². The summed E-state index contributed by atoms with van der Waals surface area (Å²) >= 11 is 5.87. The summed E-state index contributed by atoms with van der Waals surface area (Å²) < 4.78 is 0. The monoisotopic (exact) mass is 252 g/mol. The number of anilines is 1. The van der Waals surface area contributed by atoms with Gasteiger partial charge in [0.2, 0.25) is 5.91 Å². The van der Waals surface area contributed by atoms with Gasteiger partial charge in [0, 0.05) is 10.7 Å². The van der Waals surface area contributed by atoms with Gasteiger partial charge < -0.3 is 10.6 Å². The Kier molecular flexibility index (Phi) is 4.02. The van der Waals surface area contributed by atoms with Crippen LogP contribution in [0.25, 0.3) is 0 Å². The normalized spacial score (nSPS) is 24.4. The first-order chi connectivity index (χ1) is 8.15. The molecule has 1 aromatic rings. The number of hydrogen-bond acceptors (Lipinski definition) is 2. The molecule has 0 bridgehead atoms. The molecule has 1 heterocycles. The number of halogens is 1. The summed E-state index contributed by atoms with van der Waals surface area (Å²) in [7, 11) is 0. The van der Waals surface area contributed by atoms with Crippen LogP contribution in [-0.2, 0) is 4.79 Å². The van der Waals surface area contributed by atoms with Crippen molar-refractivity contribution in [1.29, 1.82) is 0 Å². The molecular formula is C13H17ClN2O. The average molecular weight is 253 g/mol. The van der Waals surface area contributed by atoms with E-state index in [0.29, 0.717) is 10.9 Å². The molecule has 0 spiro atoms. The van der Waals surface area contributed by atoms with Gasteiger partial charge >= 0.3 is 0 Å². The van der Waals surface area contributed by atoms with Crippen LogP contribution in [0.1, 0.15) is 19.8 Å². The molecular weight excluding hydrogens is 236 g/mol. The maximum Gasteiger partial charge on any atom is 0.241 e. The lowest BCUT2D eigenvalue weighted by molar-refractivity contribution is -0.119. The number of amides is 1. The summed E-state index contributed by atoms with van der Waals surface area (Å²) in [5, 5.41) is 6.76. The first-order valence-corrected chi connectivity index (χ1v) is 6.33. The van der Waals surface area contributed by atoms with Crippen molar-refractivity contribution in [3.63, 3.8) is 0 Å². The smallest absolute Gasteiger partial charge is 0.241 e. The zero-order valence-electron chi connectivity index (χ0n) is 9.87. The van der Waals surface area contributed by atoms with Crippen molar-refractivity contribution >= 4 is 23.2 Å². The number of hydrogen-bond donors (Lipinski definition) is 2. The fraction of sp³-hybridized carbons (Fsp3) is 0.462. The second kappa shape index (κ2) is 5.52. The molecule has 1 aliphatic heterocycles. The number of nitrogens with one attached hydrogen (secondary N) is 2. The molecule has 2 N–H and O–H groups in total.